The van der Waals surface area contributed by atoms with Gasteiger partial charge >= 0.3 is 6.01 Å². The van der Waals surface area contributed by atoms with E-state index in [-0.39, 0.29) is 17.3 Å². The Kier molecular flexibility index (Phi) is 9.76. The second-order valence-electron chi connectivity index (χ2n) is 13.4. The third-order valence-electron chi connectivity index (χ3n) is 8.66. The molecule has 44 heavy (non-hydrogen) atoms. The van der Waals surface area contributed by atoms with Crippen LogP contribution in [0.5, 0.6) is 6.01 Å². The van der Waals surface area contributed by atoms with E-state index in [0.717, 1.165) is 72.6 Å². The first kappa shape index (κ1) is 31.3. The highest BCUT2D eigenvalue weighted by molar-refractivity contribution is 5.85. The van der Waals surface area contributed by atoms with Crippen LogP contribution in [0.2, 0.25) is 0 Å². The van der Waals surface area contributed by atoms with Crippen LogP contribution in [0.3, 0.4) is 0 Å². The predicted octanol–water partition coefficient (Wildman–Crippen LogP) is 6.35. The first-order chi connectivity index (χ1) is 21.1. The summed E-state index contributed by atoms with van der Waals surface area (Å²) in [5, 5.41) is 8.20. The van der Waals surface area contributed by atoms with Gasteiger partial charge in [0.05, 0.1) is 31.1 Å². The molecule has 0 spiro atoms. The predicted molar refractivity (Wildman–Crippen MR) is 168 cm³/mol. The Bertz CT molecular complexity index is 1500. The minimum absolute atomic E-state index is 0.121. The molecule has 0 aromatic carbocycles. The van der Waals surface area contributed by atoms with Crippen LogP contribution in [0.25, 0.3) is 16.9 Å². The molecule has 0 saturated heterocycles. The van der Waals surface area contributed by atoms with Crippen LogP contribution in [-0.2, 0) is 16.6 Å². The average Bonchev–Trinajstić information content (AvgIpc) is 3.56. The van der Waals surface area contributed by atoms with Crippen molar-refractivity contribution in [3.8, 4) is 23.0 Å². The lowest BCUT2D eigenvalue weighted by Gasteiger charge is -2.33. The fourth-order valence-corrected chi connectivity index (χ4v) is 6.10. The van der Waals surface area contributed by atoms with Crippen molar-refractivity contribution in [3.05, 3.63) is 66.4 Å². The van der Waals surface area contributed by atoms with E-state index in [2.05, 4.69) is 54.9 Å². The Labute approximate surface area is 260 Å². The summed E-state index contributed by atoms with van der Waals surface area (Å²) in [6.45, 7) is 10.8. The molecule has 0 bridgehead atoms. The molecule has 1 unspecified atom stereocenters. The van der Waals surface area contributed by atoms with E-state index in [1.54, 1.807) is 30.4 Å². The molecule has 4 aromatic rings. The molecule has 5 rings (SSSR count). The molecule has 1 aliphatic carbocycles. The Morgan fingerprint density at radius 1 is 0.977 bits per heavy atom. The normalized spacial score (nSPS) is 17.9. The van der Waals surface area contributed by atoms with E-state index in [1.807, 2.05) is 30.7 Å². The van der Waals surface area contributed by atoms with Gasteiger partial charge in [0.2, 0.25) is 0 Å². The summed E-state index contributed by atoms with van der Waals surface area (Å²) >= 11 is 0. The lowest BCUT2D eigenvalue weighted by molar-refractivity contribution is -0.122. The molecule has 0 N–H and O–H groups in total. The molecule has 1 aliphatic rings. The van der Waals surface area contributed by atoms with E-state index in [4.69, 9.17) is 19.7 Å². The van der Waals surface area contributed by atoms with Crippen molar-refractivity contribution in [2.75, 3.05) is 7.11 Å². The number of carbonyl (C=O) groups is 1. The monoisotopic (exact) mass is 596 g/mol. The molecule has 1 saturated carbocycles. The molecule has 1 atom stereocenters. The van der Waals surface area contributed by atoms with Crippen LogP contribution in [0, 0.1) is 17.8 Å². The third-order valence-corrected chi connectivity index (χ3v) is 8.66. The fourth-order valence-electron chi connectivity index (χ4n) is 6.10. The first-order valence-electron chi connectivity index (χ1n) is 15.7. The molecule has 4 aromatic heterocycles. The maximum absolute atomic E-state index is 13.7. The maximum Gasteiger partial charge on any atom is 0.316 e. The molecule has 10 nitrogen and oxygen atoms in total. The van der Waals surface area contributed by atoms with Gasteiger partial charge in [-0.3, -0.25) is 9.78 Å². The molecule has 0 aliphatic heterocycles. The van der Waals surface area contributed by atoms with Crippen molar-refractivity contribution >= 4 is 5.78 Å². The lowest BCUT2D eigenvalue weighted by Crippen LogP contribution is -2.28. The summed E-state index contributed by atoms with van der Waals surface area (Å²) in [5.74, 6) is 2.94. The maximum atomic E-state index is 13.7. The molecular weight excluding hydrogens is 552 g/mol. The van der Waals surface area contributed by atoms with Gasteiger partial charge in [0.25, 0.3) is 0 Å². The highest BCUT2D eigenvalue weighted by Gasteiger charge is 2.34. The van der Waals surface area contributed by atoms with Gasteiger partial charge in [0.15, 0.2) is 5.82 Å². The van der Waals surface area contributed by atoms with Crippen molar-refractivity contribution in [2.45, 2.75) is 90.9 Å². The molecular formula is C34H44N8O2. The number of ether oxygens (including phenoxy) is 1. The Balaban J connectivity index is 1.30. The molecule has 1 fully saturated rings. The number of methoxy groups -OCH3 is 1. The number of Topliss-reactive ketones (excluding diaryl/α,β-unsaturated/α-hetero) is 1. The van der Waals surface area contributed by atoms with Gasteiger partial charge in [0.1, 0.15) is 11.6 Å². The van der Waals surface area contributed by atoms with Crippen LogP contribution >= 0.6 is 0 Å². The van der Waals surface area contributed by atoms with Crippen molar-refractivity contribution in [2.24, 2.45) is 17.8 Å². The van der Waals surface area contributed by atoms with Gasteiger partial charge in [-0.15, -0.1) is 5.10 Å². The highest BCUT2D eigenvalue weighted by Crippen LogP contribution is 2.40. The number of ketones is 1. The second-order valence-corrected chi connectivity index (χ2v) is 13.4. The molecule has 0 radical (unpaired) electrons. The first-order valence-corrected chi connectivity index (χ1v) is 15.7. The van der Waals surface area contributed by atoms with Crippen LogP contribution in [-0.4, -0.2) is 52.8 Å². The molecule has 0 amide bonds. The van der Waals surface area contributed by atoms with E-state index in [0.29, 0.717) is 30.1 Å². The van der Waals surface area contributed by atoms with Gasteiger partial charge in [-0.1, -0.05) is 45.9 Å². The largest absolute Gasteiger partial charge is 0.467 e. The minimum atomic E-state index is -0.197. The average molecular weight is 597 g/mol. The fraction of sp³-hybridized carbons (Fsp3) is 0.529. The quantitative estimate of drug-likeness (QED) is 0.195. The zero-order valence-electron chi connectivity index (χ0n) is 26.8. The second kappa shape index (κ2) is 13.7. The standard InChI is InChI=1S/C34H44N8O2/c1-22(2)7-14-29(43)31(28-13-12-25(18-35-28)26-19-37-33(44-6)38-20-26)24-10-8-23(9-11-24)17-30-36-21-27(34(3,4)5)32(40-30)42-16-15-39-41-42/h12-13,15-16,18-24,31H,7-11,14,17H2,1-6H3. The number of hydrogen-bond acceptors (Lipinski definition) is 9. The number of hydrogen-bond donors (Lipinski definition) is 0. The molecule has 4 heterocycles. The number of pyridine rings is 1. The number of nitrogens with zero attached hydrogens (tertiary/aromatic N) is 8. The number of rotatable bonds is 11. The van der Waals surface area contributed by atoms with Crippen molar-refractivity contribution in [3.63, 3.8) is 0 Å². The smallest absolute Gasteiger partial charge is 0.316 e. The summed E-state index contributed by atoms with van der Waals surface area (Å²) in [5.41, 5.74) is 3.55. The van der Waals surface area contributed by atoms with E-state index >= 15 is 0 Å². The molecule has 10 heteroatoms. The zero-order chi connectivity index (χ0) is 31.3. The summed E-state index contributed by atoms with van der Waals surface area (Å²) in [4.78, 5) is 36.7. The van der Waals surface area contributed by atoms with E-state index in [9.17, 15) is 4.79 Å². The highest BCUT2D eigenvalue weighted by atomic mass is 16.5. The Morgan fingerprint density at radius 2 is 1.70 bits per heavy atom. The topological polar surface area (TPSA) is 121 Å². The summed E-state index contributed by atoms with van der Waals surface area (Å²) in [6.07, 6.45) is 17.0. The van der Waals surface area contributed by atoms with Gasteiger partial charge < -0.3 is 4.74 Å². The lowest BCUT2D eigenvalue weighted by atomic mass is 9.71. The van der Waals surface area contributed by atoms with Gasteiger partial charge in [-0.05, 0) is 61.3 Å². The van der Waals surface area contributed by atoms with Gasteiger partial charge in [0, 0.05) is 54.3 Å². The number of aromatic nitrogens is 8. The minimum Gasteiger partial charge on any atom is -0.467 e. The summed E-state index contributed by atoms with van der Waals surface area (Å²) < 4.78 is 6.81. The Hall–Kier alpha value is -4.08. The van der Waals surface area contributed by atoms with Gasteiger partial charge in [-0.25, -0.2) is 24.6 Å². The van der Waals surface area contributed by atoms with Crippen molar-refractivity contribution in [1.82, 2.24) is 39.9 Å². The van der Waals surface area contributed by atoms with E-state index in [1.165, 1.54) is 0 Å². The van der Waals surface area contributed by atoms with E-state index < -0.39 is 0 Å². The Morgan fingerprint density at radius 3 is 2.30 bits per heavy atom. The number of carbonyl (C=O) groups excluding carboxylic acids is 1. The third kappa shape index (κ3) is 7.52. The van der Waals surface area contributed by atoms with Gasteiger partial charge in [-0.2, -0.15) is 0 Å². The van der Waals surface area contributed by atoms with Crippen LogP contribution < -0.4 is 4.74 Å². The van der Waals surface area contributed by atoms with Crippen molar-refractivity contribution < 1.29 is 9.53 Å². The molecule has 232 valence electrons. The van der Waals surface area contributed by atoms with Crippen molar-refractivity contribution in [1.29, 1.82) is 0 Å². The van der Waals surface area contributed by atoms with Crippen LogP contribution in [0.4, 0.5) is 0 Å². The zero-order valence-corrected chi connectivity index (χ0v) is 26.8. The van der Waals surface area contributed by atoms with Crippen LogP contribution in [0.15, 0.2) is 49.3 Å². The summed E-state index contributed by atoms with van der Waals surface area (Å²) in [6, 6.07) is 4.36. The summed E-state index contributed by atoms with van der Waals surface area (Å²) in [7, 11) is 1.55. The SMILES string of the molecule is COc1ncc(-c2ccc(C(C(=O)CCC(C)C)C3CCC(Cc4ncc(C(C)(C)C)c(-n5ccnn5)n4)CC3)nc2)cn1. The van der Waals surface area contributed by atoms with Crippen LogP contribution in [0.1, 0.15) is 96.1 Å².